The highest BCUT2D eigenvalue weighted by Gasteiger charge is 2.43. The van der Waals surface area contributed by atoms with E-state index in [4.69, 9.17) is 21.9 Å². The lowest BCUT2D eigenvalue weighted by Crippen LogP contribution is -2.29. The van der Waals surface area contributed by atoms with E-state index < -0.39 is 0 Å². The quantitative estimate of drug-likeness (QED) is 0.289. The number of nitrogens with one attached hydrogen (secondary N) is 1. The molecule has 1 saturated heterocycles. The Morgan fingerprint density at radius 3 is 2.25 bits per heavy atom. The van der Waals surface area contributed by atoms with Crippen molar-refractivity contribution in [2.24, 2.45) is 0 Å². The zero-order chi connectivity index (χ0) is 24.8. The number of anilines is 1. The second kappa shape index (κ2) is 9.10. The first-order valence-corrected chi connectivity index (χ1v) is 12.9. The van der Waals surface area contributed by atoms with Crippen molar-refractivity contribution in [3.8, 4) is 11.5 Å². The first kappa shape index (κ1) is 22.8. The number of rotatable bonds is 6. The molecule has 1 saturated carbocycles. The van der Waals surface area contributed by atoms with Crippen LogP contribution < -0.4 is 15.0 Å². The van der Waals surface area contributed by atoms with Crippen LogP contribution in [0.4, 0.5) is 5.69 Å². The average Bonchev–Trinajstić information content (AvgIpc) is 3.60. The largest absolute Gasteiger partial charge is 0.457 e. The maximum absolute atomic E-state index is 6.07. The Morgan fingerprint density at radius 2 is 1.61 bits per heavy atom. The highest BCUT2D eigenvalue weighted by Crippen LogP contribution is 2.46. The zero-order valence-electron chi connectivity index (χ0n) is 20.8. The molecule has 1 aliphatic heterocycles. The number of aryl methyl sites for hydroxylation is 2. The molecule has 0 spiro atoms. The number of aromatic nitrogens is 2. The Kier molecular flexibility index (Phi) is 5.76. The van der Waals surface area contributed by atoms with Crippen LogP contribution in [0.2, 0.25) is 0 Å². The maximum Gasteiger partial charge on any atom is 0.174 e. The normalized spacial score (nSPS) is 19.4. The molecule has 36 heavy (non-hydrogen) atoms. The van der Waals surface area contributed by atoms with Gasteiger partial charge >= 0.3 is 0 Å². The maximum atomic E-state index is 6.07. The van der Waals surface area contributed by atoms with Crippen molar-refractivity contribution in [3.63, 3.8) is 0 Å². The topological polar surface area (TPSA) is 42.3 Å². The van der Waals surface area contributed by atoms with Gasteiger partial charge in [0, 0.05) is 29.3 Å². The van der Waals surface area contributed by atoms with Crippen molar-refractivity contribution in [1.82, 2.24) is 14.9 Å². The fraction of sp³-hybridized carbons (Fsp3) is 0.267. The van der Waals surface area contributed by atoms with Crippen LogP contribution in [0.1, 0.15) is 59.2 Å². The molecule has 5 nitrogen and oxygen atoms in total. The number of nitrogens with zero attached hydrogens (tertiary/aromatic N) is 3. The van der Waals surface area contributed by atoms with Gasteiger partial charge in [-0.05, 0) is 106 Å². The Balaban J connectivity index is 1.37. The van der Waals surface area contributed by atoms with Crippen molar-refractivity contribution < 1.29 is 4.74 Å². The van der Waals surface area contributed by atoms with E-state index in [0.29, 0.717) is 11.2 Å². The first-order valence-electron chi connectivity index (χ1n) is 12.5. The van der Waals surface area contributed by atoms with Gasteiger partial charge in [0.2, 0.25) is 0 Å². The van der Waals surface area contributed by atoms with Gasteiger partial charge in [0.15, 0.2) is 5.11 Å². The third-order valence-corrected chi connectivity index (χ3v) is 7.54. The van der Waals surface area contributed by atoms with Crippen LogP contribution >= 0.6 is 12.2 Å². The van der Waals surface area contributed by atoms with E-state index >= 15 is 0 Å². The van der Waals surface area contributed by atoms with Crippen LogP contribution in [0.5, 0.6) is 11.5 Å². The first-order chi connectivity index (χ1) is 17.5. The SMILES string of the molecule is Cc1ccc(Oc2ccc(N3C(=S)N[C@H](c4ccccn4)[C@H]3c3cc(C)n(C4CC4)c3C)cc2)cc1. The highest BCUT2D eigenvalue weighted by atomic mass is 32.1. The molecule has 2 aromatic heterocycles. The smallest absolute Gasteiger partial charge is 0.174 e. The molecule has 4 aromatic rings. The molecule has 3 heterocycles. The summed E-state index contributed by atoms with van der Waals surface area (Å²) in [5.41, 5.74) is 7.15. The molecule has 1 aliphatic carbocycles. The number of hydrogen-bond acceptors (Lipinski definition) is 3. The minimum atomic E-state index is -0.0460. The van der Waals surface area contributed by atoms with E-state index in [1.54, 1.807) is 0 Å². The molecule has 182 valence electrons. The van der Waals surface area contributed by atoms with Gasteiger partial charge < -0.3 is 19.5 Å². The van der Waals surface area contributed by atoms with Gasteiger partial charge in [-0.2, -0.15) is 0 Å². The predicted octanol–water partition coefficient (Wildman–Crippen LogP) is 7.11. The number of benzene rings is 2. The molecule has 0 unspecified atom stereocenters. The lowest BCUT2D eigenvalue weighted by molar-refractivity contribution is 0.482. The lowest BCUT2D eigenvalue weighted by Gasteiger charge is -2.28. The van der Waals surface area contributed by atoms with Crippen molar-refractivity contribution in [3.05, 3.63) is 107 Å². The summed E-state index contributed by atoms with van der Waals surface area (Å²) in [6.07, 6.45) is 4.37. The molecule has 1 N–H and O–H groups in total. The van der Waals surface area contributed by atoms with E-state index in [-0.39, 0.29) is 12.1 Å². The fourth-order valence-electron chi connectivity index (χ4n) is 5.36. The van der Waals surface area contributed by atoms with Gasteiger partial charge in [0.05, 0.1) is 17.8 Å². The van der Waals surface area contributed by atoms with Crippen molar-refractivity contribution >= 4 is 23.0 Å². The predicted molar refractivity (Wildman–Crippen MR) is 148 cm³/mol. The van der Waals surface area contributed by atoms with Crippen LogP contribution in [0, 0.1) is 20.8 Å². The molecular weight excluding hydrogens is 464 g/mol. The van der Waals surface area contributed by atoms with Crippen molar-refractivity contribution in [1.29, 1.82) is 0 Å². The summed E-state index contributed by atoms with van der Waals surface area (Å²) in [6.45, 7) is 6.53. The van der Waals surface area contributed by atoms with E-state index in [1.807, 2.05) is 42.6 Å². The van der Waals surface area contributed by atoms with Crippen LogP contribution in [0.15, 0.2) is 79.0 Å². The Labute approximate surface area is 217 Å². The fourth-order valence-corrected chi connectivity index (χ4v) is 5.71. The van der Waals surface area contributed by atoms with Crippen LogP contribution in [0.25, 0.3) is 0 Å². The molecule has 2 aliphatic rings. The minimum Gasteiger partial charge on any atom is -0.457 e. The summed E-state index contributed by atoms with van der Waals surface area (Å²) in [4.78, 5) is 6.94. The van der Waals surface area contributed by atoms with Gasteiger partial charge in [0.1, 0.15) is 11.5 Å². The second-order valence-corrected chi connectivity index (χ2v) is 10.2. The summed E-state index contributed by atoms with van der Waals surface area (Å²) in [7, 11) is 0. The number of hydrogen-bond donors (Lipinski definition) is 1. The molecular formula is C30H30N4OS. The zero-order valence-corrected chi connectivity index (χ0v) is 21.6. The third kappa shape index (κ3) is 4.16. The summed E-state index contributed by atoms with van der Waals surface area (Å²) >= 11 is 5.92. The van der Waals surface area contributed by atoms with E-state index in [2.05, 4.69) is 72.0 Å². The van der Waals surface area contributed by atoms with Gasteiger partial charge in [-0.25, -0.2) is 0 Å². The van der Waals surface area contributed by atoms with Crippen LogP contribution in [-0.2, 0) is 0 Å². The van der Waals surface area contributed by atoms with Crippen LogP contribution in [0.3, 0.4) is 0 Å². The number of thiocarbonyl (C=S) groups is 1. The van der Waals surface area contributed by atoms with Crippen molar-refractivity contribution in [2.45, 2.75) is 51.7 Å². The summed E-state index contributed by atoms with van der Waals surface area (Å²) < 4.78 is 8.57. The number of pyridine rings is 1. The van der Waals surface area contributed by atoms with E-state index in [9.17, 15) is 0 Å². The Hall–Kier alpha value is -3.64. The third-order valence-electron chi connectivity index (χ3n) is 7.22. The average molecular weight is 495 g/mol. The molecule has 0 radical (unpaired) electrons. The lowest BCUT2D eigenvalue weighted by atomic mass is 9.96. The second-order valence-electron chi connectivity index (χ2n) is 9.83. The van der Waals surface area contributed by atoms with Gasteiger partial charge in [-0.3, -0.25) is 4.98 Å². The van der Waals surface area contributed by atoms with Crippen LogP contribution in [-0.4, -0.2) is 14.7 Å². The van der Waals surface area contributed by atoms with Gasteiger partial charge in [-0.1, -0.05) is 23.8 Å². The molecule has 2 aromatic carbocycles. The molecule has 6 heteroatoms. The standard InChI is InChI=1S/C30H30N4OS/c1-19-7-13-24(14-8-19)35-25-15-11-23(12-16-25)34-29(26-18-20(2)33(21(26)3)22-9-10-22)28(32-30(34)36)27-6-4-5-17-31-27/h4-8,11-18,22,28-29H,9-10H2,1-3H3,(H,32,36)/t28-,29-/m1/s1. The minimum absolute atomic E-state index is 0.00466. The van der Waals surface area contributed by atoms with Crippen molar-refractivity contribution in [2.75, 3.05) is 4.90 Å². The summed E-state index contributed by atoms with van der Waals surface area (Å²) in [6, 6.07) is 25.3. The Morgan fingerprint density at radius 1 is 0.917 bits per heavy atom. The van der Waals surface area contributed by atoms with E-state index in [1.165, 1.54) is 35.4 Å². The van der Waals surface area contributed by atoms with Gasteiger partial charge in [0.25, 0.3) is 0 Å². The molecule has 0 amide bonds. The molecule has 0 bridgehead atoms. The highest BCUT2D eigenvalue weighted by molar-refractivity contribution is 7.80. The Bertz CT molecular complexity index is 1390. The van der Waals surface area contributed by atoms with Gasteiger partial charge in [-0.15, -0.1) is 0 Å². The van der Waals surface area contributed by atoms with E-state index in [0.717, 1.165) is 22.9 Å². The molecule has 2 fully saturated rings. The summed E-state index contributed by atoms with van der Waals surface area (Å²) in [5.74, 6) is 1.62. The monoisotopic (exact) mass is 494 g/mol. The number of ether oxygens (including phenoxy) is 1. The summed E-state index contributed by atoms with van der Waals surface area (Å²) in [5, 5.41) is 4.29. The molecule has 2 atom stereocenters. The molecule has 6 rings (SSSR count).